The summed E-state index contributed by atoms with van der Waals surface area (Å²) in [6.07, 6.45) is 5.42. The summed E-state index contributed by atoms with van der Waals surface area (Å²) in [5.74, 6) is 1.97. The molecule has 1 aliphatic carbocycles. The van der Waals surface area contributed by atoms with Gasteiger partial charge in [0, 0.05) is 18.3 Å². The lowest BCUT2D eigenvalue weighted by atomic mass is 9.73. The van der Waals surface area contributed by atoms with E-state index in [2.05, 4.69) is 31.1 Å². The normalized spacial score (nSPS) is 34.3. The minimum Gasteiger partial charge on any atom is -0.362 e. The molecule has 0 radical (unpaired) electrons. The molecular formula is C13H24N2S. The van der Waals surface area contributed by atoms with Crippen LogP contribution in [0, 0.1) is 11.3 Å². The Bertz CT molecular complexity index is 273. The van der Waals surface area contributed by atoms with E-state index < -0.39 is 0 Å². The molecule has 2 nitrogen and oxygen atoms in total. The summed E-state index contributed by atoms with van der Waals surface area (Å²) in [6, 6.07) is 0.626. The smallest absolute Gasteiger partial charge is 0.156 e. The second kappa shape index (κ2) is 4.99. The van der Waals surface area contributed by atoms with Crippen molar-refractivity contribution >= 4 is 16.9 Å². The average molecular weight is 240 g/mol. The van der Waals surface area contributed by atoms with Gasteiger partial charge in [0.1, 0.15) is 0 Å². The molecule has 0 aromatic carbocycles. The van der Waals surface area contributed by atoms with Gasteiger partial charge < -0.3 is 5.32 Å². The molecule has 0 amide bonds. The highest BCUT2D eigenvalue weighted by Crippen LogP contribution is 2.36. The van der Waals surface area contributed by atoms with Crippen LogP contribution in [0.2, 0.25) is 0 Å². The summed E-state index contributed by atoms with van der Waals surface area (Å²) >= 11 is 1.90. The van der Waals surface area contributed by atoms with Gasteiger partial charge in [0.15, 0.2) is 5.17 Å². The lowest BCUT2D eigenvalue weighted by Crippen LogP contribution is -2.46. The lowest BCUT2D eigenvalue weighted by Gasteiger charge is -2.40. The number of amidine groups is 1. The molecule has 0 spiro atoms. The Morgan fingerprint density at radius 2 is 2.19 bits per heavy atom. The van der Waals surface area contributed by atoms with Crippen molar-refractivity contribution < 1.29 is 0 Å². The number of hydrogen-bond donors (Lipinski definition) is 1. The van der Waals surface area contributed by atoms with Crippen molar-refractivity contribution in [3.63, 3.8) is 0 Å². The second-order valence-electron chi connectivity index (χ2n) is 5.99. The molecule has 0 bridgehead atoms. The Labute approximate surface area is 104 Å². The van der Waals surface area contributed by atoms with Gasteiger partial charge in [-0.1, -0.05) is 45.4 Å². The van der Waals surface area contributed by atoms with Gasteiger partial charge in [0.25, 0.3) is 0 Å². The molecule has 1 fully saturated rings. The molecule has 92 valence electrons. The van der Waals surface area contributed by atoms with Crippen LogP contribution < -0.4 is 5.32 Å². The van der Waals surface area contributed by atoms with Gasteiger partial charge >= 0.3 is 0 Å². The topological polar surface area (TPSA) is 24.4 Å². The highest BCUT2D eigenvalue weighted by atomic mass is 32.2. The van der Waals surface area contributed by atoms with Crippen LogP contribution in [-0.2, 0) is 0 Å². The van der Waals surface area contributed by atoms with Crippen molar-refractivity contribution in [2.24, 2.45) is 16.3 Å². The van der Waals surface area contributed by atoms with Crippen LogP contribution in [0.4, 0.5) is 0 Å². The second-order valence-corrected chi connectivity index (χ2v) is 7.00. The van der Waals surface area contributed by atoms with Gasteiger partial charge in [-0.3, -0.25) is 4.99 Å². The summed E-state index contributed by atoms with van der Waals surface area (Å²) in [5, 5.41) is 4.87. The number of aliphatic imine (C=N–C) groups is 1. The lowest BCUT2D eigenvalue weighted by molar-refractivity contribution is 0.186. The van der Waals surface area contributed by atoms with Gasteiger partial charge in [-0.25, -0.2) is 0 Å². The fourth-order valence-corrected chi connectivity index (χ4v) is 3.50. The highest BCUT2D eigenvalue weighted by Gasteiger charge is 2.33. The van der Waals surface area contributed by atoms with E-state index in [4.69, 9.17) is 0 Å². The number of hydrogen-bond acceptors (Lipinski definition) is 3. The predicted octanol–water partition coefficient (Wildman–Crippen LogP) is 3.28. The Kier molecular flexibility index (Phi) is 3.83. The Morgan fingerprint density at radius 3 is 2.81 bits per heavy atom. The van der Waals surface area contributed by atoms with E-state index in [1.54, 1.807) is 0 Å². The first-order valence-corrected chi connectivity index (χ1v) is 7.50. The first-order chi connectivity index (χ1) is 7.58. The third-order valence-electron chi connectivity index (χ3n) is 3.86. The van der Waals surface area contributed by atoms with E-state index >= 15 is 0 Å². The third kappa shape index (κ3) is 2.93. The Hall–Kier alpha value is -0.180. The summed E-state index contributed by atoms with van der Waals surface area (Å²) < 4.78 is 0. The molecule has 1 aliphatic heterocycles. The highest BCUT2D eigenvalue weighted by molar-refractivity contribution is 8.13. The molecule has 0 saturated heterocycles. The van der Waals surface area contributed by atoms with Gasteiger partial charge in [-0.05, 0) is 24.2 Å². The zero-order chi connectivity index (χ0) is 11.6. The van der Waals surface area contributed by atoms with Crippen LogP contribution in [0.3, 0.4) is 0 Å². The Morgan fingerprint density at radius 1 is 1.38 bits per heavy atom. The number of nitrogens with zero attached hydrogens (tertiary/aromatic N) is 1. The van der Waals surface area contributed by atoms with Crippen LogP contribution >= 0.6 is 11.8 Å². The van der Waals surface area contributed by atoms with E-state index in [0.717, 1.165) is 12.5 Å². The van der Waals surface area contributed by atoms with Gasteiger partial charge in [-0.2, -0.15) is 0 Å². The number of rotatable bonds is 1. The van der Waals surface area contributed by atoms with Crippen molar-refractivity contribution in [3.8, 4) is 0 Å². The first-order valence-electron chi connectivity index (χ1n) is 6.52. The zero-order valence-electron chi connectivity index (χ0n) is 10.8. The van der Waals surface area contributed by atoms with E-state index in [-0.39, 0.29) is 0 Å². The van der Waals surface area contributed by atoms with Gasteiger partial charge in [0.05, 0.1) is 0 Å². The van der Waals surface area contributed by atoms with Crippen LogP contribution in [0.25, 0.3) is 0 Å². The third-order valence-corrected chi connectivity index (χ3v) is 5.11. The van der Waals surface area contributed by atoms with Crippen molar-refractivity contribution in [2.75, 3.05) is 12.3 Å². The molecule has 2 unspecified atom stereocenters. The van der Waals surface area contributed by atoms with Crippen LogP contribution in [0.1, 0.15) is 46.5 Å². The number of thioether (sulfide) groups is 1. The SMILES string of the molecule is CC1CN=C(NC2CCCCC2(C)C)SC1. The van der Waals surface area contributed by atoms with E-state index in [1.807, 2.05) is 11.8 Å². The largest absolute Gasteiger partial charge is 0.362 e. The van der Waals surface area contributed by atoms with Crippen molar-refractivity contribution in [1.82, 2.24) is 5.32 Å². The minimum absolute atomic E-state index is 0.435. The van der Waals surface area contributed by atoms with E-state index in [1.165, 1.54) is 36.6 Å². The Balaban J connectivity index is 1.93. The predicted molar refractivity (Wildman–Crippen MR) is 73.1 cm³/mol. The van der Waals surface area contributed by atoms with Crippen LogP contribution in [-0.4, -0.2) is 23.5 Å². The molecule has 3 heteroatoms. The first kappa shape index (κ1) is 12.3. The van der Waals surface area contributed by atoms with Crippen LogP contribution in [0.15, 0.2) is 4.99 Å². The van der Waals surface area contributed by atoms with Crippen molar-refractivity contribution in [1.29, 1.82) is 0 Å². The fraction of sp³-hybridized carbons (Fsp3) is 0.923. The summed E-state index contributed by atoms with van der Waals surface area (Å²) in [5.41, 5.74) is 0.435. The van der Waals surface area contributed by atoms with Crippen LogP contribution in [0.5, 0.6) is 0 Å². The molecule has 1 N–H and O–H groups in total. The molecule has 2 atom stereocenters. The number of nitrogens with one attached hydrogen (secondary N) is 1. The quantitative estimate of drug-likeness (QED) is 0.760. The summed E-state index contributed by atoms with van der Waals surface area (Å²) in [6.45, 7) is 8.06. The minimum atomic E-state index is 0.435. The van der Waals surface area contributed by atoms with E-state index in [9.17, 15) is 0 Å². The molecule has 2 rings (SSSR count). The standard InChI is InChI=1S/C13H24N2S/c1-10-8-14-12(16-9-10)15-11-6-4-5-7-13(11,2)3/h10-11H,4-9H2,1-3H3,(H,14,15). The molecule has 0 aromatic rings. The maximum absolute atomic E-state index is 4.64. The van der Waals surface area contributed by atoms with Crippen molar-refractivity contribution in [3.05, 3.63) is 0 Å². The maximum atomic E-state index is 4.64. The summed E-state index contributed by atoms with van der Waals surface area (Å²) in [7, 11) is 0. The molecule has 1 heterocycles. The molecule has 16 heavy (non-hydrogen) atoms. The zero-order valence-corrected chi connectivity index (χ0v) is 11.6. The van der Waals surface area contributed by atoms with Crippen molar-refractivity contribution in [2.45, 2.75) is 52.5 Å². The molecule has 1 saturated carbocycles. The maximum Gasteiger partial charge on any atom is 0.156 e. The molecular weight excluding hydrogens is 216 g/mol. The van der Waals surface area contributed by atoms with E-state index in [0.29, 0.717) is 11.5 Å². The average Bonchev–Trinajstić information content (AvgIpc) is 2.24. The van der Waals surface area contributed by atoms with Gasteiger partial charge in [-0.15, -0.1) is 0 Å². The van der Waals surface area contributed by atoms with Gasteiger partial charge in [0.2, 0.25) is 0 Å². The monoisotopic (exact) mass is 240 g/mol. The molecule has 0 aromatic heterocycles. The molecule has 2 aliphatic rings. The fourth-order valence-electron chi connectivity index (χ4n) is 2.56. The summed E-state index contributed by atoms with van der Waals surface area (Å²) in [4.78, 5) is 4.64.